The van der Waals surface area contributed by atoms with Crippen LogP contribution in [0.15, 0.2) is 10.9 Å². The second kappa shape index (κ2) is 5.47. The van der Waals surface area contributed by atoms with Gasteiger partial charge in [0.2, 0.25) is 0 Å². The minimum atomic E-state index is -0.547. The van der Waals surface area contributed by atoms with E-state index < -0.39 is 12.0 Å². The van der Waals surface area contributed by atoms with Gasteiger partial charge in [0.1, 0.15) is 17.7 Å². The maximum Gasteiger partial charge on any atom is 0.328 e. The summed E-state index contributed by atoms with van der Waals surface area (Å²) in [6.07, 6.45) is 0. The lowest BCUT2D eigenvalue weighted by atomic mass is 10.2. The van der Waals surface area contributed by atoms with Gasteiger partial charge in [-0.25, -0.2) is 9.78 Å². The molecular weight excluding hydrogens is 222 g/mol. The number of nitrogens with zero attached hydrogens (tertiary/aromatic N) is 1. The Bertz CT molecular complexity index is 454. The first-order valence-corrected chi connectivity index (χ1v) is 5.39. The van der Waals surface area contributed by atoms with Crippen LogP contribution in [-0.4, -0.2) is 29.1 Å². The first-order valence-electron chi connectivity index (χ1n) is 5.39. The van der Waals surface area contributed by atoms with E-state index in [0.29, 0.717) is 11.6 Å². The Balaban J connectivity index is 2.92. The second-order valence-corrected chi connectivity index (χ2v) is 4.06. The largest absolute Gasteiger partial charge is 0.467 e. The lowest BCUT2D eigenvalue weighted by molar-refractivity contribution is -0.141. The Morgan fingerprint density at radius 1 is 1.47 bits per heavy atom. The van der Waals surface area contributed by atoms with Crippen molar-refractivity contribution in [2.24, 2.45) is 0 Å². The number of methoxy groups -OCH3 is 1. The van der Waals surface area contributed by atoms with Gasteiger partial charge in [0.25, 0.3) is 5.56 Å². The number of esters is 1. The number of nitrogens with one attached hydrogen (secondary N) is 2. The van der Waals surface area contributed by atoms with Crippen LogP contribution in [0.2, 0.25) is 0 Å². The average molecular weight is 239 g/mol. The summed E-state index contributed by atoms with van der Waals surface area (Å²) < 4.78 is 4.58. The van der Waals surface area contributed by atoms with Crippen molar-refractivity contribution in [3.8, 4) is 0 Å². The first-order chi connectivity index (χ1) is 7.93. The van der Waals surface area contributed by atoms with Crippen LogP contribution < -0.4 is 10.9 Å². The SMILES string of the molecule is COC(=O)C(C)Nc1cc(=O)[nH]c(C(C)C)n1. The van der Waals surface area contributed by atoms with Gasteiger partial charge in [0, 0.05) is 12.0 Å². The monoisotopic (exact) mass is 239 g/mol. The first kappa shape index (κ1) is 13.2. The molecule has 1 unspecified atom stereocenters. The van der Waals surface area contributed by atoms with E-state index in [1.165, 1.54) is 13.2 Å². The van der Waals surface area contributed by atoms with Crippen molar-refractivity contribution in [1.82, 2.24) is 9.97 Å². The predicted molar refractivity (Wildman–Crippen MR) is 64.0 cm³/mol. The van der Waals surface area contributed by atoms with Crippen molar-refractivity contribution >= 4 is 11.8 Å². The minimum Gasteiger partial charge on any atom is -0.467 e. The number of hydrogen-bond acceptors (Lipinski definition) is 5. The molecule has 6 nitrogen and oxygen atoms in total. The third-order valence-corrected chi connectivity index (χ3v) is 2.23. The van der Waals surface area contributed by atoms with Crippen LogP contribution >= 0.6 is 0 Å². The number of anilines is 1. The van der Waals surface area contributed by atoms with E-state index in [-0.39, 0.29) is 11.5 Å². The Morgan fingerprint density at radius 2 is 2.12 bits per heavy atom. The van der Waals surface area contributed by atoms with E-state index in [4.69, 9.17) is 0 Å². The molecule has 0 radical (unpaired) electrons. The average Bonchev–Trinajstić information content (AvgIpc) is 2.26. The van der Waals surface area contributed by atoms with E-state index in [1.807, 2.05) is 13.8 Å². The molecular formula is C11H17N3O3. The molecule has 0 aliphatic rings. The molecule has 1 aromatic heterocycles. The normalized spacial score (nSPS) is 12.3. The quantitative estimate of drug-likeness (QED) is 0.761. The highest BCUT2D eigenvalue weighted by Crippen LogP contribution is 2.09. The molecule has 0 fully saturated rings. The smallest absolute Gasteiger partial charge is 0.328 e. The molecule has 0 aliphatic heterocycles. The Morgan fingerprint density at radius 3 is 2.65 bits per heavy atom. The predicted octanol–water partition coefficient (Wildman–Crippen LogP) is 0.867. The number of aromatic nitrogens is 2. The molecule has 0 amide bonds. The van der Waals surface area contributed by atoms with Crippen LogP contribution in [0.3, 0.4) is 0 Å². The van der Waals surface area contributed by atoms with Crippen LogP contribution in [-0.2, 0) is 9.53 Å². The number of carbonyl (C=O) groups is 1. The van der Waals surface area contributed by atoms with Gasteiger partial charge in [-0.05, 0) is 6.92 Å². The highest BCUT2D eigenvalue weighted by molar-refractivity contribution is 5.78. The van der Waals surface area contributed by atoms with Gasteiger partial charge in [-0.15, -0.1) is 0 Å². The van der Waals surface area contributed by atoms with E-state index >= 15 is 0 Å². The molecule has 0 spiro atoms. The van der Waals surface area contributed by atoms with E-state index in [2.05, 4.69) is 20.0 Å². The summed E-state index contributed by atoms with van der Waals surface area (Å²) >= 11 is 0. The maximum absolute atomic E-state index is 11.4. The number of hydrogen-bond donors (Lipinski definition) is 2. The third kappa shape index (κ3) is 3.58. The summed E-state index contributed by atoms with van der Waals surface area (Å²) in [5.41, 5.74) is -0.247. The highest BCUT2D eigenvalue weighted by atomic mass is 16.5. The molecule has 1 rings (SSSR count). The van der Waals surface area contributed by atoms with Gasteiger partial charge in [-0.3, -0.25) is 4.79 Å². The van der Waals surface area contributed by atoms with Crippen LogP contribution in [0.5, 0.6) is 0 Å². The summed E-state index contributed by atoms with van der Waals surface area (Å²) in [7, 11) is 1.31. The van der Waals surface area contributed by atoms with Gasteiger partial charge in [-0.2, -0.15) is 0 Å². The molecule has 1 atom stereocenters. The van der Waals surface area contributed by atoms with Crippen molar-refractivity contribution in [2.75, 3.05) is 12.4 Å². The molecule has 2 N–H and O–H groups in total. The van der Waals surface area contributed by atoms with Gasteiger partial charge in [0.15, 0.2) is 0 Å². The Labute approximate surface area is 99.4 Å². The fraction of sp³-hybridized carbons (Fsp3) is 0.545. The zero-order valence-electron chi connectivity index (χ0n) is 10.4. The fourth-order valence-corrected chi connectivity index (χ4v) is 1.28. The van der Waals surface area contributed by atoms with Gasteiger partial charge < -0.3 is 15.0 Å². The number of carbonyl (C=O) groups excluding carboxylic acids is 1. The Kier molecular flexibility index (Phi) is 4.25. The zero-order chi connectivity index (χ0) is 13.0. The van der Waals surface area contributed by atoms with Crippen LogP contribution in [0.1, 0.15) is 32.5 Å². The van der Waals surface area contributed by atoms with Crippen molar-refractivity contribution in [1.29, 1.82) is 0 Å². The summed E-state index contributed by atoms with van der Waals surface area (Å²) in [6.45, 7) is 5.49. The van der Waals surface area contributed by atoms with Crippen molar-refractivity contribution in [2.45, 2.75) is 32.7 Å². The van der Waals surface area contributed by atoms with Crippen LogP contribution in [0, 0.1) is 0 Å². The standard InChI is InChI=1S/C11H17N3O3/c1-6(2)10-13-8(5-9(15)14-10)12-7(3)11(16)17-4/h5-7H,1-4H3,(H2,12,13,14,15). The maximum atomic E-state index is 11.4. The van der Waals surface area contributed by atoms with Crippen molar-refractivity contribution in [3.63, 3.8) is 0 Å². The van der Waals surface area contributed by atoms with Crippen LogP contribution in [0.25, 0.3) is 0 Å². The van der Waals surface area contributed by atoms with Gasteiger partial charge in [-0.1, -0.05) is 13.8 Å². The summed E-state index contributed by atoms with van der Waals surface area (Å²) in [5.74, 6) is 0.656. The van der Waals surface area contributed by atoms with E-state index in [0.717, 1.165) is 0 Å². The second-order valence-electron chi connectivity index (χ2n) is 4.06. The van der Waals surface area contributed by atoms with Crippen LogP contribution in [0.4, 0.5) is 5.82 Å². The number of aromatic amines is 1. The fourth-order valence-electron chi connectivity index (χ4n) is 1.28. The molecule has 6 heteroatoms. The summed E-state index contributed by atoms with van der Waals surface area (Å²) in [6, 6.07) is 0.764. The van der Waals surface area contributed by atoms with E-state index in [1.54, 1.807) is 6.92 Å². The zero-order valence-corrected chi connectivity index (χ0v) is 10.4. The minimum absolute atomic E-state index is 0.109. The highest BCUT2D eigenvalue weighted by Gasteiger charge is 2.14. The molecule has 0 aliphatic carbocycles. The molecule has 0 aromatic carbocycles. The number of ether oxygens (including phenoxy) is 1. The lowest BCUT2D eigenvalue weighted by Crippen LogP contribution is -2.28. The molecule has 94 valence electrons. The van der Waals surface area contributed by atoms with Crippen molar-refractivity contribution < 1.29 is 9.53 Å². The van der Waals surface area contributed by atoms with Gasteiger partial charge >= 0.3 is 5.97 Å². The molecule has 0 bridgehead atoms. The Hall–Kier alpha value is -1.85. The summed E-state index contributed by atoms with van der Waals surface area (Å²) in [5, 5.41) is 2.82. The topological polar surface area (TPSA) is 84.1 Å². The van der Waals surface area contributed by atoms with Crippen molar-refractivity contribution in [3.05, 3.63) is 22.2 Å². The molecule has 17 heavy (non-hydrogen) atoms. The number of H-pyrrole nitrogens is 1. The molecule has 0 saturated heterocycles. The number of rotatable bonds is 4. The van der Waals surface area contributed by atoms with E-state index in [9.17, 15) is 9.59 Å². The molecule has 1 heterocycles. The third-order valence-electron chi connectivity index (χ3n) is 2.23. The molecule has 0 saturated carbocycles. The summed E-state index contributed by atoms with van der Waals surface area (Å²) in [4.78, 5) is 29.5. The lowest BCUT2D eigenvalue weighted by Gasteiger charge is -2.13. The molecule has 1 aromatic rings. The van der Waals surface area contributed by atoms with Gasteiger partial charge in [0.05, 0.1) is 7.11 Å².